The molecule has 0 spiro atoms. The van der Waals surface area contributed by atoms with Crippen molar-refractivity contribution in [1.82, 2.24) is 19.8 Å². The quantitative estimate of drug-likeness (QED) is 0.703. The smallest absolute Gasteiger partial charge is 0.225 e. The van der Waals surface area contributed by atoms with Crippen molar-refractivity contribution in [2.75, 3.05) is 57.3 Å². The first kappa shape index (κ1) is 20.9. The molecule has 4 rings (SSSR count). The van der Waals surface area contributed by atoms with Gasteiger partial charge in [-0.3, -0.25) is 9.69 Å². The molecule has 0 atom stereocenters. The van der Waals surface area contributed by atoms with Crippen LogP contribution < -0.4 is 9.64 Å². The van der Waals surface area contributed by atoms with Gasteiger partial charge < -0.3 is 14.5 Å². The molecule has 0 saturated carbocycles. The van der Waals surface area contributed by atoms with E-state index in [9.17, 15) is 4.79 Å². The van der Waals surface area contributed by atoms with E-state index in [4.69, 9.17) is 16.3 Å². The predicted octanol–water partition coefficient (Wildman–Crippen LogP) is 2.57. The van der Waals surface area contributed by atoms with E-state index in [1.165, 1.54) is 0 Å². The van der Waals surface area contributed by atoms with E-state index >= 15 is 0 Å². The van der Waals surface area contributed by atoms with Crippen LogP contribution in [-0.4, -0.2) is 78.1 Å². The molecule has 8 heteroatoms. The van der Waals surface area contributed by atoms with Crippen molar-refractivity contribution >= 4 is 23.5 Å². The van der Waals surface area contributed by atoms with Crippen LogP contribution in [-0.2, 0) is 4.79 Å². The van der Waals surface area contributed by atoms with Crippen LogP contribution in [0.3, 0.4) is 0 Å². The molecule has 0 unspecified atom stereocenters. The molecule has 1 aromatic carbocycles. The molecule has 0 aliphatic carbocycles. The van der Waals surface area contributed by atoms with E-state index in [1.807, 2.05) is 35.2 Å². The Morgan fingerprint density at radius 1 is 1.00 bits per heavy atom. The van der Waals surface area contributed by atoms with Crippen LogP contribution in [0, 0.1) is 5.92 Å². The maximum Gasteiger partial charge on any atom is 0.225 e. The summed E-state index contributed by atoms with van der Waals surface area (Å²) in [5.74, 6) is 1.90. The molecule has 160 valence electrons. The summed E-state index contributed by atoms with van der Waals surface area (Å²) in [6, 6.07) is 9.35. The third-order valence-electron chi connectivity index (χ3n) is 5.86. The number of carbonyl (C=O) groups excluding carboxylic acids is 1. The normalized spacial score (nSPS) is 18.4. The average Bonchev–Trinajstić information content (AvgIpc) is 2.81. The Morgan fingerprint density at radius 3 is 2.40 bits per heavy atom. The van der Waals surface area contributed by atoms with Crippen LogP contribution in [0.2, 0.25) is 5.02 Å². The summed E-state index contributed by atoms with van der Waals surface area (Å²) in [5.41, 5.74) is 0. The Labute approximate surface area is 182 Å². The largest absolute Gasteiger partial charge is 0.491 e. The van der Waals surface area contributed by atoms with Gasteiger partial charge in [0.25, 0.3) is 0 Å². The highest BCUT2D eigenvalue weighted by Gasteiger charge is 2.31. The molecule has 2 aliphatic rings. The Balaban J connectivity index is 1.17. The highest BCUT2D eigenvalue weighted by molar-refractivity contribution is 6.32. The Kier molecular flexibility index (Phi) is 7.02. The molecule has 7 nitrogen and oxygen atoms in total. The molecule has 2 fully saturated rings. The lowest BCUT2D eigenvalue weighted by Gasteiger charge is -2.38. The summed E-state index contributed by atoms with van der Waals surface area (Å²) < 4.78 is 5.79. The molecule has 1 aromatic heterocycles. The summed E-state index contributed by atoms with van der Waals surface area (Å²) in [4.78, 5) is 28.1. The van der Waals surface area contributed by atoms with Gasteiger partial charge in [0.1, 0.15) is 12.4 Å². The summed E-state index contributed by atoms with van der Waals surface area (Å²) in [6.07, 6.45) is 5.25. The van der Waals surface area contributed by atoms with Gasteiger partial charge in [-0.15, -0.1) is 0 Å². The third kappa shape index (κ3) is 5.21. The molecule has 30 heavy (non-hydrogen) atoms. The summed E-state index contributed by atoms with van der Waals surface area (Å²) >= 11 is 6.12. The number of hydrogen-bond acceptors (Lipinski definition) is 6. The van der Waals surface area contributed by atoms with Gasteiger partial charge in [0, 0.05) is 64.1 Å². The summed E-state index contributed by atoms with van der Waals surface area (Å²) in [6.45, 7) is 6.43. The van der Waals surface area contributed by atoms with Crippen LogP contribution >= 0.6 is 11.6 Å². The van der Waals surface area contributed by atoms with Crippen molar-refractivity contribution in [3.63, 3.8) is 0 Å². The zero-order valence-corrected chi connectivity index (χ0v) is 17.9. The number of rotatable bonds is 6. The summed E-state index contributed by atoms with van der Waals surface area (Å²) in [5, 5.41) is 0.637. The molecule has 1 amide bonds. The standard InChI is InChI=1S/C22H28ClN5O2/c23-19-4-1-2-5-20(19)30-17-16-26-12-14-27(15-13-26)21(29)18-6-10-28(11-7-18)22-24-8-3-9-25-22/h1-5,8-9,18H,6-7,10-17H2. The van der Waals surface area contributed by atoms with E-state index in [1.54, 1.807) is 12.4 Å². The van der Waals surface area contributed by atoms with Crippen LogP contribution in [0.15, 0.2) is 42.7 Å². The number of piperazine rings is 1. The zero-order valence-electron chi connectivity index (χ0n) is 17.1. The fraction of sp³-hybridized carbons (Fsp3) is 0.500. The van der Waals surface area contributed by atoms with Crippen LogP contribution in [0.5, 0.6) is 5.75 Å². The number of benzene rings is 1. The lowest BCUT2D eigenvalue weighted by molar-refractivity contribution is -0.138. The van der Waals surface area contributed by atoms with E-state index in [0.717, 1.165) is 70.4 Å². The lowest BCUT2D eigenvalue weighted by Crippen LogP contribution is -2.52. The molecule has 0 radical (unpaired) electrons. The molecule has 0 N–H and O–H groups in total. The van der Waals surface area contributed by atoms with Crippen molar-refractivity contribution in [3.8, 4) is 5.75 Å². The first-order chi connectivity index (χ1) is 14.7. The van der Waals surface area contributed by atoms with Gasteiger partial charge >= 0.3 is 0 Å². The highest BCUT2D eigenvalue weighted by Crippen LogP contribution is 2.24. The van der Waals surface area contributed by atoms with E-state index < -0.39 is 0 Å². The second-order valence-corrected chi connectivity index (χ2v) is 8.16. The van der Waals surface area contributed by atoms with Gasteiger partial charge in [0.2, 0.25) is 11.9 Å². The molecule has 3 heterocycles. The van der Waals surface area contributed by atoms with Gasteiger partial charge in [0.05, 0.1) is 5.02 Å². The topological polar surface area (TPSA) is 61.8 Å². The minimum absolute atomic E-state index is 0.111. The van der Waals surface area contributed by atoms with Crippen LogP contribution in [0.25, 0.3) is 0 Å². The number of carbonyl (C=O) groups is 1. The number of hydrogen-bond donors (Lipinski definition) is 0. The van der Waals surface area contributed by atoms with Gasteiger partial charge in [-0.05, 0) is 31.0 Å². The number of halogens is 1. The SMILES string of the molecule is O=C(C1CCN(c2ncccn2)CC1)N1CCN(CCOc2ccccc2Cl)CC1. The van der Waals surface area contributed by atoms with Crippen molar-refractivity contribution in [3.05, 3.63) is 47.7 Å². The number of amides is 1. The van der Waals surface area contributed by atoms with Gasteiger partial charge in [-0.1, -0.05) is 23.7 Å². The fourth-order valence-corrected chi connectivity index (χ4v) is 4.27. The number of piperidine rings is 1. The average molecular weight is 430 g/mol. The van der Waals surface area contributed by atoms with E-state index in [0.29, 0.717) is 17.5 Å². The van der Waals surface area contributed by atoms with Crippen LogP contribution in [0.4, 0.5) is 5.95 Å². The van der Waals surface area contributed by atoms with Gasteiger partial charge in [0.15, 0.2) is 0 Å². The Bertz CT molecular complexity index is 821. The van der Waals surface area contributed by atoms with Crippen molar-refractivity contribution in [2.45, 2.75) is 12.8 Å². The second kappa shape index (κ2) is 10.1. The number of para-hydroxylation sites is 1. The number of ether oxygens (including phenoxy) is 1. The molecular formula is C22H28ClN5O2. The van der Waals surface area contributed by atoms with Gasteiger partial charge in [-0.25, -0.2) is 9.97 Å². The van der Waals surface area contributed by atoms with Crippen LogP contribution in [0.1, 0.15) is 12.8 Å². The molecule has 2 aromatic rings. The first-order valence-electron chi connectivity index (χ1n) is 10.6. The summed E-state index contributed by atoms with van der Waals surface area (Å²) in [7, 11) is 0. The maximum absolute atomic E-state index is 13.0. The van der Waals surface area contributed by atoms with Gasteiger partial charge in [-0.2, -0.15) is 0 Å². The molecule has 0 bridgehead atoms. The number of anilines is 1. The predicted molar refractivity (Wildman–Crippen MR) is 117 cm³/mol. The molecule has 2 aliphatic heterocycles. The number of aromatic nitrogens is 2. The van der Waals surface area contributed by atoms with Crippen molar-refractivity contribution in [2.24, 2.45) is 5.92 Å². The first-order valence-corrected chi connectivity index (χ1v) is 11.0. The fourth-order valence-electron chi connectivity index (χ4n) is 4.08. The second-order valence-electron chi connectivity index (χ2n) is 7.76. The lowest BCUT2D eigenvalue weighted by atomic mass is 9.95. The minimum atomic E-state index is 0.111. The van der Waals surface area contributed by atoms with Crippen molar-refractivity contribution < 1.29 is 9.53 Å². The Morgan fingerprint density at radius 2 is 1.70 bits per heavy atom. The maximum atomic E-state index is 13.0. The van der Waals surface area contributed by atoms with E-state index in [-0.39, 0.29) is 5.92 Å². The zero-order chi connectivity index (χ0) is 20.8. The minimum Gasteiger partial charge on any atom is -0.491 e. The highest BCUT2D eigenvalue weighted by atomic mass is 35.5. The number of nitrogens with zero attached hydrogens (tertiary/aromatic N) is 5. The monoisotopic (exact) mass is 429 g/mol. The Hall–Kier alpha value is -2.38. The third-order valence-corrected chi connectivity index (χ3v) is 6.18. The van der Waals surface area contributed by atoms with Crippen molar-refractivity contribution in [1.29, 1.82) is 0 Å². The molecule has 2 saturated heterocycles. The molecular weight excluding hydrogens is 402 g/mol. The van der Waals surface area contributed by atoms with E-state index in [2.05, 4.69) is 19.8 Å².